The molecule has 3 rings (SSSR count). The summed E-state index contributed by atoms with van der Waals surface area (Å²) in [6.45, 7) is 0.894. The number of imide groups is 1. The Labute approximate surface area is 163 Å². The Balaban J connectivity index is 1.84. The molecule has 3 amide bonds. The van der Waals surface area contributed by atoms with Crippen molar-refractivity contribution < 1.29 is 29.2 Å². The molecule has 10 nitrogen and oxygen atoms in total. The quantitative estimate of drug-likeness (QED) is 0.445. The third-order valence-electron chi connectivity index (χ3n) is 4.42. The number of carbonyl (C=O) groups excluding carboxylic acids is 3. The number of amides is 3. The maximum Gasteiger partial charge on any atom is 0.315 e. The Morgan fingerprint density at radius 1 is 1.36 bits per heavy atom. The van der Waals surface area contributed by atoms with Gasteiger partial charge in [0.05, 0.1) is 16.9 Å². The molecule has 2 aliphatic heterocycles. The van der Waals surface area contributed by atoms with Gasteiger partial charge in [0.1, 0.15) is 6.54 Å². The monoisotopic (exact) mass is 407 g/mol. The highest BCUT2D eigenvalue weighted by Crippen LogP contribution is 2.39. The minimum Gasteiger partial charge on any atom is -0.500 e. The van der Waals surface area contributed by atoms with E-state index < -0.39 is 27.5 Å². The molecule has 2 fully saturated rings. The molecule has 1 aromatic rings. The molecule has 0 radical (unpaired) electrons. The summed E-state index contributed by atoms with van der Waals surface area (Å²) < 4.78 is 4.92. The van der Waals surface area contributed by atoms with Crippen molar-refractivity contribution in [2.75, 3.05) is 26.7 Å². The fraction of sp³-hybridized carbons (Fsp3) is 0.353. The van der Waals surface area contributed by atoms with Gasteiger partial charge in [0.2, 0.25) is 11.7 Å². The predicted octanol–water partition coefficient (Wildman–Crippen LogP) is 1.97. The molecule has 0 bridgehead atoms. The van der Waals surface area contributed by atoms with E-state index in [9.17, 15) is 29.6 Å². The van der Waals surface area contributed by atoms with Crippen molar-refractivity contribution in [1.82, 2.24) is 9.80 Å². The summed E-state index contributed by atoms with van der Waals surface area (Å²) in [6, 6.07) is 2.38. The zero-order chi connectivity index (χ0) is 20.4. The lowest BCUT2D eigenvalue weighted by Crippen LogP contribution is -2.40. The second kappa shape index (κ2) is 7.89. The van der Waals surface area contributed by atoms with Crippen LogP contribution < -0.4 is 4.74 Å². The van der Waals surface area contributed by atoms with Gasteiger partial charge in [-0.1, -0.05) is 0 Å². The van der Waals surface area contributed by atoms with Crippen LogP contribution in [0.4, 0.5) is 10.5 Å². The molecular formula is C17H17N3O7S. The first-order chi connectivity index (χ1) is 13.3. The first kappa shape index (κ1) is 19.7. The van der Waals surface area contributed by atoms with E-state index in [1.165, 1.54) is 19.3 Å². The smallest absolute Gasteiger partial charge is 0.315 e. The van der Waals surface area contributed by atoms with Crippen LogP contribution in [0.5, 0.6) is 11.5 Å². The number of thioether (sulfide) groups is 1. The van der Waals surface area contributed by atoms with E-state index in [-0.39, 0.29) is 28.7 Å². The number of nitrogens with zero attached hydrogens (tertiary/aromatic N) is 3. The average Bonchev–Trinajstić information content (AvgIpc) is 3.27. The lowest BCUT2D eigenvalue weighted by atomic mass is 10.1. The number of likely N-dealkylation sites (tertiary alicyclic amines) is 1. The van der Waals surface area contributed by atoms with Gasteiger partial charge in [-0.15, -0.1) is 0 Å². The van der Waals surface area contributed by atoms with Crippen LogP contribution in [0.15, 0.2) is 17.0 Å². The van der Waals surface area contributed by atoms with Crippen LogP contribution in [0.3, 0.4) is 0 Å². The number of nitro benzene ring substituents is 1. The van der Waals surface area contributed by atoms with Crippen molar-refractivity contribution in [3.8, 4) is 11.5 Å². The summed E-state index contributed by atoms with van der Waals surface area (Å²) >= 11 is 0.648. The zero-order valence-corrected chi connectivity index (χ0v) is 15.7. The number of ether oxygens (including phenoxy) is 1. The molecule has 0 aromatic heterocycles. The molecule has 0 spiro atoms. The summed E-state index contributed by atoms with van der Waals surface area (Å²) in [5, 5.41) is 20.3. The molecule has 148 valence electrons. The van der Waals surface area contributed by atoms with Gasteiger partial charge in [0, 0.05) is 19.2 Å². The SMILES string of the molecule is COc1cc(/C=C2/SC(=O)N(CC(=O)N3CCCC3)C2=O)cc([N+](=O)[O-])c1O. The second-order valence-corrected chi connectivity index (χ2v) is 7.20. The van der Waals surface area contributed by atoms with Crippen LogP contribution in [-0.2, 0) is 9.59 Å². The first-order valence-electron chi connectivity index (χ1n) is 8.40. The maximum atomic E-state index is 12.5. The molecule has 0 aliphatic carbocycles. The van der Waals surface area contributed by atoms with Crippen LogP contribution in [-0.4, -0.2) is 63.6 Å². The fourth-order valence-corrected chi connectivity index (χ4v) is 3.82. The molecule has 2 saturated heterocycles. The van der Waals surface area contributed by atoms with Crippen LogP contribution >= 0.6 is 11.8 Å². The number of methoxy groups -OCH3 is 1. The van der Waals surface area contributed by atoms with Gasteiger partial charge in [0.15, 0.2) is 5.75 Å². The number of phenolic OH excluding ortho intramolecular Hbond substituents is 1. The van der Waals surface area contributed by atoms with E-state index in [0.717, 1.165) is 23.8 Å². The van der Waals surface area contributed by atoms with Crippen molar-refractivity contribution in [1.29, 1.82) is 0 Å². The number of nitro groups is 1. The first-order valence-corrected chi connectivity index (χ1v) is 9.22. The minimum atomic E-state index is -0.782. The molecule has 2 aliphatic rings. The molecular weight excluding hydrogens is 390 g/mol. The molecule has 1 N–H and O–H groups in total. The van der Waals surface area contributed by atoms with Gasteiger partial charge < -0.3 is 14.7 Å². The average molecular weight is 407 g/mol. The number of benzene rings is 1. The number of hydrogen-bond acceptors (Lipinski definition) is 8. The Kier molecular flexibility index (Phi) is 5.54. The van der Waals surface area contributed by atoms with Gasteiger partial charge >= 0.3 is 5.69 Å². The van der Waals surface area contributed by atoms with E-state index in [0.29, 0.717) is 24.9 Å². The van der Waals surface area contributed by atoms with Crippen molar-refractivity contribution in [2.24, 2.45) is 0 Å². The number of aromatic hydroxyl groups is 1. The lowest BCUT2D eigenvalue weighted by Gasteiger charge is -2.18. The van der Waals surface area contributed by atoms with Crippen molar-refractivity contribution in [3.05, 3.63) is 32.7 Å². The third kappa shape index (κ3) is 3.79. The van der Waals surface area contributed by atoms with Gasteiger partial charge in [-0.2, -0.15) is 0 Å². The Morgan fingerprint density at radius 3 is 2.64 bits per heavy atom. The van der Waals surface area contributed by atoms with Crippen molar-refractivity contribution >= 4 is 40.6 Å². The van der Waals surface area contributed by atoms with Crippen LogP contribution in [0.2, 0.25) is 0 Å². The lowest BCUT2D eigenvalue weighted by molar-refractivity contribution is -0.386. The highest BCUT2D eigenvalue weighted by atomic mass is 32.2. The molecule has 0 saturated carbocycles. The highest BCUT2D eigenvalue weighted by molar-refractivity contribution is 8.18. The number of carbonyl (C=O) groups is 3. The number of hydrogen-bond donors (Lipinski definition) is 1. The van der Waals surface area contributed by atoms with E-state index in [2.05, 4.69) is 0 Å². The molecule has 1 aromatic carbocycles. The Bertz CT molecular complexity index is 893. The van der Waals surface area contributed by atoms with Crippen LogP contribution in [0.1, 0.15) is 18.4 Å². The molecule has 28 heavy (non-hydrogen) atoms. The Morgan fingerprint density at radius 2 is 2.04 bits per heavy atom. The van der Waals surface area contributed by atoms with Crippen LogP contribution in [0, 0.1) is 10.1 Å². The summed E-state index contributed by atoms with van der Waals surface area (Å²) in [5.41, 5.74) is -0.383. The molecule has 2 heterocycles. The fourth-order valence-electron chi connectivity index (χ4n) is 2.98. The second-order valence-electron chi connectivity index (χ2n) is 6.20. The minimum absolute atomic E-state index is 0.0289. The van der Waals surface area contributed by atoms with Gasteiger partial charge in [-0.25, -0.2) is 0 Å². The summed E-state index contributed by atoms with van der Waals surface area (Å²) in [7, 11) is 1.24. The third-order valence-corrected chi connectivity index (χ3v) is 5.32. The van der Waals surface area contributed by atoms with Crippen molar-refractivity contribution in [3.63, 3.8) is 0 Å². The zero-order valence-electron chi connectivity index (χ0n) is 14.9. The van der Waals surface area contributed by atoms with E-state index >= 15 is 0 Å². The summed E-state index contributed by atoms with van der Waals surface area (Å²) in [5.74, 6) is -1.70. The number of phenols is 1. The summed E-state index contributed by atoms with van der Waals surface area (Å²) in [4.78, 5) is 49.8. The molecule has 0 atom stereocenters. The van der Waals surface area contributed by atoms with E-state index in [4.69, 9.17) is 4.74 Å². The standard InChI is InChI=1S/C17H17N3O7S/c1-27-12-7-10(6-11(15(12)22)20(25)26)8-13-16(23)19(17(24)28-13)9-14(21)18-4-2-3-5-18/h6-8,22H,2-5,9H2,1H3/b13-8+. The number of rotatable bonds is 5. The predicted molar refractivity (Wildman–Crippen MR) is 99.8 cm³/mol. The van der Waals surface area contributed by atoms with Gasteiger partial charge in [-0.05, 0) is 42.3 Å². The van der Waals surface area contributed by atoms with Gasteiger partial charge in [-0.3, -0.25) is 29.4 Å². The van der Waals surface area contributed by atoms with Gasteiger partial charge in [0.25, 0.3) is 11.1 Å². The van der Waals surface area contributed by atoms with E-state index in [1.54, 1.807) is 4.90 Å². The van der Waals surface area contributed by atoms with Crippen molar-refractivity contribution in [2.45, 2.75) is 12.8 Å². The van der Waals surface area contributed by atoms with Crippen LogP contribution in [0.25, 0.3) is 6.08 Å². The van der Waals surface area contributed by atoms with E-state index in [1.807, 2.05) is 0 Å². The highest BCUT2D eigenvalue weighted by Gasteiger charge is 2.37. The topological polar surface area (TPSA) is 130 Å². The largest absolute Gasteiger partial charge is 0.500 e. The normalized spacial score (nSPS) is 18.2. The molecule has 11 heteroatoms. The Hall–Kier alpha value is -3.08. The summed E-state index contributed by atoms with van der Waals surface area (Å²) in [6.07, 6.45) is 3.09. The maximum absolute atomic E-state index is 12.5. The molecule has 0 unspecified atom stereocenters.